The molecule has 2 rings (SSSR count). The molecule has 2 aliphatic rings. The summed E-state index contributed by atoms with van der Waals surface area (Å²) in [6, 6.07) is 3.18. The van der Waals surface area contributed by atoms with Crippen LogP contribution in [0.1, 0.15) is 58.8 Å². The second-order valence-electron chi connectivity index (χ2n) is 6.36. The molecule has 0 amide bonds. The van der Waals surface area contributed by atoms with Gasteiger partial charge in [0, 0.05) is 12.6 Å². The van der Waals surface area contributed by atoms with Gasteiger partial charge in [-0.1, -0.05) is 20.3 Å². The minimum absolute atomic E-state index is 0.259. The second-order valence-corrected chi connectivity index (χ2v) is 6.36. The van der Waals surface area contributed by atoms with Crippen molar-refractivity contribution in [2.75, 3.05) is 19.6 Å². The standard InChI is InChI=1S/C16H29N3/c1-3-18-16(13-17)10-6-9-15(11-16)19(4-2)12-14-7-5-8-14/h14-15,18H,3-12H2,1-2H3. The molecular weight excluding hydrogens is 234 g/mol. The molecule has 0 radical (unpaired) electrons. The average molecular weight is 263 g/mol. The maximum absolute atomic E-state index is 9.55. The molecule has 19 heavy (non-hydrogen) atoms. The lowest BCUT2D eigenvalue weighted by Gasteiger charge is -2.43. The molecule has 3 heteroatoms. The van der Waals surface area contributed by atoms with Crippen LogP contribution in [0.4, 0.5) is 0 Å². The lowest BCUT2D eigenvalue weighted by atomic mass is 9.78. The molecule has 2 fully saturated rings. The highest BCUT2D eigenvalue weighted by molar-refractivity contribution is 5.11. The molecule has 0 aromatic carbocycles. The van der Waals surface area contributed by atoms with Crippen LogP contribution < -0.4 is 5.32 Å². The molecule has 0 bridgehead atoms. The Hall–Kier alpha value is -0.590. The van der Waals surface area contributed by atoms with Crippen molar-refractivity contribution < 1.29 is 0 Å². The van der Waals surface area contributed by atoms with E-state index in [1.54, 1.807) is 0 Å². The first-order valence-corrected chi connectivity index (χ1v) is 8.13. The van der Waals surface area contributed by atoms with Crippen LogP contribution >= 0.6 is 0 Å². The molecule has 3 nitrogen and oxygen atoms in total. The lowest BCUT2D eigenvalue weighted by Crippen LogP contribution is -2.53. The van der Waals surface area contributed by atoms with Crippen molar-refractivity contribution in [1.29, 1.82) is 5.26 Å². The van der Waals surface area contributed by atoms with E-state index in [1.807, 2.05) is 0 Å². The Morgan fingerprint density at radius 1 is 1.26 bits per heavy atom. The maximum atomic E-state index is 9.55. The Balaban J connectivity index is 1.95. The first-order valence-electron chi connectivity index (χ1n) is 8.13. The summed E-state index contributed by atoms with van der Waals surface area (Å²) in [6.07, 6.45) is 8.75. The minimum Gasteiger partial charge on any atom is -0.300 e. The highest BCUT2D eigenvalue weighted by atomic mass is 15.2. The number of nitrogens with one attached hydrogen (secondary N) is 1. The van der Waals surface area contributed by atoms with Gasteiger partial charge < -0.3 is 4.90 Å². The predicted octanol–water partition coefficient (Wildman–Crippen LogP) is 2.92. The number of hydrogen-bond acceptors (Lipinski definition) is 3. The van der Waals surface area contributed by atoms with Crippen LogP contribution in [0.5, 0.6) is 0 Å². The second kappa shape index (κ2) is 6.72. The van der Waals surface area contributed by atoms with Gasteiger partial charge in [-0.3, -0.25) is 5.32 Å². The van der Waals surface area contributed by atoms with Crippen molar-refractivity contribution in [3.8, 4) is 6.07 Å². The third-order valence-electron chi connectivity index (χ3n) is 5.09. The zero-order valence-corrected chi connectivity index (χ0v) is 12.6. The smallest absolute Gasteiger partial charge is 0.108 e. The van der Waals surface area contributed by atoms with Gasteiger partial charge in [0.2, 0.25) is 0 Å². The number of hydrogen-bond donors (Lipinski definition) is 1. The lowest BCUT2D eigenvalue weighted by molar-refractivity contribution is 0.0908. The Kier molecular flexibility index (Phi) is 5.24. The predicted molar refractivity (Wildman–Crippen MR) is 78.9 cm³/mol. The van der Waals surface area contributed by atoms with Crippen LogP contribution in [0.25, 0.3) is 0 Å². The summed E-state index contributed by atoms with van der Waals surface area (Å²) < 4.78 is 0. The first-order chi connectivity index (χ1) is 9.23. The van der Waals surface area contributed by atoms with Crippen molar-refractivity contribution in [3.05, 3.63) is 0 Å². The van der Waals surface area contributed by atoms with Gasteiger partial charge in [0.05, 0.1) is 6.07 Å². The van der Waals surface area contributed by atoms with E-state index >= 15 is 0 Å². The highest BCUT2D eigenvalue weighted by Gasteiger charge is 2.38. The summed E-state index contributed by atoms with van der Waals surface area (Å²) >= 11 is 0. The zero-order chi connectivity index (χ0) is 13.7. The molecule has 0 saturated heterocycles. The van der Waals surface area contributed by atoms with Gasteiger partial charge >= 0.3 is 0 Å². The van der Waals surface area contributed by atoms with Gasteiger partial charge in [-0.05, 0) is 57.5 Å². The van der Waals surface area contributed by atoms with Gasteiger partial charge in [-0.25, -0.2) is 0 Å². The third kappa shape index (κ3) is 3.49. The van der Waals surface area contributed by atoms with E-state index in [0.717, 1.165) is 31.8 Å². The van der Waals surface area contributed by atoms with E-state index in [9.17, 15) is 5.26 Å². The summed E-state index contributed by atoms with van der Waals surface area (Å²) in [4.78, 5) is 2.65. The summed E-state index contributed by atoms with van der Waals surface area (Å²) in [5.41, 5.74) is -0.259. The van der Waals surface area contributed by atoms with Crippen molar-refractivity contribution in [2.24, 2.45) is 5.92 Å². The fourth-order valence-electron chi connectivity index (χ4n) is 3.74. The maximum Gasteiger partial charge on any atom is 0.108 e. The Bertz CT molecular complexity index is 314. The average Bonchev–Trinajstić information content (AvgIpc) is 2.38. The van der Waals surface area contributed by atoms with Crippen molar-refractivity contribution in [3.63, 3.8) is 0 Å². The highest BCUT2D eigenvalue weighted by Crippen LogP contribution is 2.33. The molecule has 0 spiro atoms. The van der Waals surface area contributed by atoms with Crippen LogP contribution in [0.3, 0.4) is 0 Å². The van der Waals surface area contributed by atoms with Gasteiger partial charge in [-0.15, -0.1) is 0 Å². The van der Waals surface area contributed by atoms with E-state index in [2.05, 4.69) is 30.1 Å². The molecule has 0 aromatic rings. The molecule has 2 aliphatic carbocycles. The fourth-order valence-corrected chi connectivity index (χ4v) is 3.74. The van der Waals surface area contributed by atoms with Crippen molar-refractivity contribution in [1.82, 2.24) is 10.2 Å². The van der Waals surface area contributed by atoms with Crippen LogP contribution in [0.2, 0.25) is 0 Å². The molecule has 0 aromatic heterocycles. The Morgan fingerprint density at radius 3 is 2.58 bits per heavy atom. The summed E-state index contributed by atoms with van der Waals surface area (Å²) in [5, 5.41) is 13.0. The van der Waals surface area contributed by atoms with E-state index in [-0.39, 0.29) is 5.54 Å². The fraction of sp³-hybridized carbons (Fsp3) is 0.938. The molecule has 0 aliphatic heterocycles. The molecule has 0 heterocycles. The Labute approximate surface area is 118 Å². The van der Waals surface area contributed by atoms with Crippen LogP contribution in [0.15, 0.2) is 0 Å². The zero-order valence-electron chi connectivity index (χ0n) is 12.6. The number of rotatable bonds is 6. The monoisotopic (exact) mass is 263 g/mol. The molecule has 2 atom stereocenters. The summed E-state index contributed by atoms with van der Waals surface area (Å²) in [6.45, 7) is 7.67. The van der Waals surface area contributed by atoms with E-state index in [1.165, 1.54) is 38.6 Å². The van der Waals surface area contributed by atoms with E-state index in [0.29, 0.717) is 6.04 Å². The molecular formula is C16H29N3. The van der Waals surface area contributed by atoms with Gasteiger partial charge in [0.25, 0.3) is 0 Å². The van der Waals surface area contributed by atoms with Gasteiger partial charge in [0.1, 0.15) is 5.54 Å². The number of nitrogens with zero attached hydrogens (tertiary/aromatic N) is 2. The largest absolute Gasteiger partial charge is 0.300 e. The quantitative estimate of drug-likeness (QED) is 0.801. The molecule has 1 N–H and O–H groups in total. The Morgan fingerprint density at radius 2 is 2.05 bits per heavy atom. The molecule has 2 unspecified atom stereocenters. The minimum atomic E-state index is -0.259. The topological polar surface area (TPSA) is 39.1 Å². The molecule has 108 valence electrons. The number of nitriles is 1. The van der Waals surface area contributed by atoms with Crippen LogP contribution in [0, 0.1) is 17.2 Å². The molecule has 2 saturated carbocycles. The van der Waals surface area contributed by atoms with Crippen molar-refractivity contribution in [2.45, 2.75) is 70.4 Å². The van der Waals surface area contributed by atoms with Crippen LogP contribution in [-0.2, 0) is 0 Å². The van der Waals surface area contributed by atoms with Gasteiger partial charge in [-0.2, -0.15) is 5.26 Å². The summed E-state index contributed by atoms with van der Waals surface area (Å²) in [7, 11) is 0. The SMILES string of the molecule is CCNC1(C#N)CCCC(N(CC)CC2CCC2)C1. The van der Waals surface area contributed by atoms with Crippen LogP contribution in [-0.4, -0.2) is 36.1 Å². The van der Waals surface area contributed by atoms with E-state index in [4.69, 9.17) is 0 Å². The van der Waals surface area contributed by atoms with E-state index < -0.39 is 0 Å². The first kappa shape index (κ1) is 14.8. The third-order valence-corrected chi connectivity index (χ3v) is 5.09. The summed E-state index contributed by atoms with van der Waals surface area (Å²) in [5.74, 6) is 0.928. The van der Waals surface area contributed by atoms with Gasteiger partial charge in [0.15, 0.2) is 0 Å². The van der Waals surface area contributed by atoms with Crippen molar-refractivity contribution >= 4 is 0 Å². The normalized spacial score (nSPS) is 32.0.